The third kappa shape index (κ3) is 3.75. The van der Waals surface area contributed by atoms with Gasteiger partial charge in [-0.3, -0.25) is 0 Å². The van der Waals surface area contributed by atoms with E-state index in [1.165, 1.54) is 5.56 Å². The SMILES string of the molecule is CCc1ccc(COc2ccc([C@@H](C)O)cc2Cl)cc1. The molecule has 3 heteroatoms. The Hall–Kier alpha value is -1.51. The molecule has 1 atom stereocenters. The minimum Gasteiger partial charge on any atom is -0.487 e. The zero-order chi connectivity index (χ0) is 14.5. The molecule has 1 N–H and O–H groups in total. The summed E-state index contributed by atoms with van der Waals surface area (Å²) in [5.41, 5.74) is 3.21. The Kier molecular flexibility index (Phi) is 5.05. The Labute approximate surface area is 125 Å². The van der Waals surface area contributed by atoms with Crippen LogP contribution in [-0.2, 0) is 13.0 Å². The summed E-state index contributed by atoms with van der Waals surface area (Å²) in [7, 11) is 0. The molecule has 20 heavy (non-hydrogen) atoms. The highest BCUT2D eigenvalue weighted by atomic mass is 35.5. The molecular weight excluding hydrogens is 272 g/mol. The Morgan fingerprint density at radius 1 is 1.10 bits per heavy atom. The molecule has 2 aromatic rings. The van der Waals surface area contributed by atoms with Gasteiger partial charge in [-0.05, 0) is 42.2 Å². The van der Waals surface area contributed by atoms with Gasteiger partial charge in [-0.2, -0.15) is 0 Å². The summed E-state index contributed by atoms with van der Waals surface area (Å²) in [5, 5.41) is 10.0. The van der Waals surface area contributed by atoms with Crippen LogP contribution < -0.4 is 4.74 Å². The number of benzene rings is 2. The molecule has 0 fully saturated rings. The van der Waals surface area contributed by atoms with E-state index in [1.807, 2.05) is 6.07 Å². The van der Waals surface area contributed by atoms with Gasteiger partial charge in [0.25, 0.3) is 0 Å². The van der Waals surface area contributed by atoms with E-state index < -0.39 is 6.10 Å². The molecule has 0 bridgehead atoms. The Balaban J connectivity index is 2.03. The first-order valence-corrected chi connectivity index (χ1v) is 7.16. The van der Waals surface area contributed by atoms with E-state index in [0.717, 1.165) is 17.5 Å². The van der Waals surface area contributed by atoms with E-state index in [0.29, 0.717) is 17.4 Å². The molecule has 2 aromatic carbocycles. The Bertz CT molecular complexity index is 562. The summed E-state index contributed by atoms with van der Waals surface area (Å²) >= 11 is 6.15. The van der Waals surface area contributed by atoms with Crippen LogP contribution in [0.5, 0.6) is 5.75 Å². The van der Waals surface area contributed by atoms with Crippen LogP contribution in [0, 0.1) is 0 Å². The highest BCUT2D eigenvalue weighted by Gasteiger charge is 2.06. The fourth-order valence-corrected chi connectivity index (χ4v) is 2.17. The van der Waals surface area contributed by atoms with Crippen LogP contribution in [0.1, 0.15) is 36.6 Å². The maximum atomic E-state index is 9.50. The minimum atomic E-state index is -0.525. The van der Waals surface area contributed by atoms with Gasteiger partial charge in [0.05, 0.1) is 11.1 Å². The van der Waals surface area contributed by atoms with Gasteiger partial charge in [-0.15, -0.1) is 0 Å². The summed E-state index contributed by atoms with van der Waals surface area (Å²) in [6, 6.07) is 13.7. The van der Waals surface area contributed by atoms with Crippen LogP contribution >= 0.6 is 11.6 Å². The number of rotatable bonds is 5. The van der Waals surface area contributed by atoms with Crippen LogP contribution in [0.3, 0.4) is 0 Å². The van der Waals surface area contributed by atoms with Gasteiger partial charge in [0, 0.05) is 0 Å². The van der Waals surface area contributed by atoms with Crippen molar-refractivity contribution in [2.45, 2.75) is 33.0 Å². The van der Waals surface area contributed by atoms with E-state index in [2.05, 4.69) is 31.2 Å². The molecule has 0 unspecified atom stereocenters. The highest BCUT2D eigenvalue weighted by molar-refractivity contribution is 6.32. The number of ether oxygens (including phenoxy) is 1. The van der Waals surface area contributed by atoms with Gasteiger partial charge in [-0.1, -0.05) is 48.9 Å². The second-order valence-corrected chi connectivity index (χ2v) is 5.23. The molecule has 0 aliphatic heterocycles. The number of halogens is 1. The number of hydrogen-bond acceptors (Lipinski definition) is 2. The summed E-state index contributed by atoms with van der Waals surface area (Å²) in [4.78, 5) is 0. The van der Waals surface area contributed by atoms with Crippen molar-refractivity contribution in [3.63, 3.8) is 0 Å². The van der Waals surface area contributed by atoms with E-state index in [-0.39, 0.29) is 0 Å². The van der Waals surface area contributed by atoms with Gasteiger partial charge >= 0.3 is 0 Å². The van der Waals surface area contributed by atoms with Gasteiger partial charge in [0.1, 0.15) is 12.4 Å². The van der Waals surface area contributed by atoms with E-state index in [9.17, 15) is 5.11 Å². The smallest absolute Gasteiger partial charge is 0.138 e. The molecule has 0 aliphatic rings. The van der Waals surface area contributed by atoms with Crippen molar-refractivity contribution in [2.24, 2.45) is 0 Å². The minimum absolute atomic E-state index is 0.484. The van der Waals surface area contributed by atoms with E-state index in [4.69, 9.17) is 16.3 Å². The monoisotopic (exact) mass is 290 g/mol. The zero-order valence-corrected chi connectivity index (χ0v) is 12.5. The molecule has 0 spiro atoms. The first kappa shape index (κ1) is 14.9. The number of aliphatic hydroxyl groups excluding tert-OH is 1. The molecule has 2 nitrogen and oxygen atoms in total. The van der Waals surface area contributed by atoms with Gasteiger partial charge in [0.15, 0.2) is 0 Å². The number of hydrogen-bond donors (Lipinski definition) is 1. The zero-order valence-electron chi connectivity index (χ0n) is 11.8. The summed E-state index contributed by atoms with van der Waals surface area (Å²) in [6.07, 6.45) is 0.511. The third-order valence-corrected chi connectivity index (χ3v) is 3.56. The molecular formula is C17H19ClO2. The third-order valence-electron chi connectivity index (χ3n) is 3.26. The van der Waals surface area contributed by atoms with Crippen LogP contribution in [-0.4, -0.2) is 5.11 Å². The van der Waals surface area contributed by atoms with Crippen molar-refractivity contribution in [2.75, 3.05) is 0 Å². The molecule has 0 heterocycles. The van der Waals surface area contributed by atoms with E-state index in [1.54, 1.807) is 19.1 Å². The number of aliphatic hydroxyl groups is 1. The van der Waals surface area contributed by atoms with Crippen LogP contribution in [0.2, 0.25) is 5.02 Å². The lowest BCUT2D eigenvalue weighted by molar-refractivity contribution is 0.199. The maximum absolute atomic E-state index is 9.50. The molecule has 0 saturated heterocycles. The lowest BCUT2D eigenvalue weighted by atomic mass is 10.1. The molecule has 0 aliphatic carbocycles. The van der Waals surface area contributed by atoms with Crippen LogP contribution in [0.4, 0.5) is 0 Å². The van der Waals surface area contributed by atoms with Crippen molar-refractivity contribution in [1.29, 1.82) is 0 Å². The average molecular weight is 291 g/mol. The molecule has 2 rings (SSSR count). The van der Waals surface area contributed by atoms with Crippen LogP contribution in [0.25, 0.3) is 0 Å². The fraction of sp³-hybridized carbons (Fsp3) is 0.294. The Morgan fingerprint density at radius 3 is 2.30 bits per heavy atom. The van der Waals surface area contributed by atoms with Gasteiger partial charge in [0.2, 0.25) is 0 Å². The predicted octanol–water partition coefficient (Wildman–Crippen LogP) is 4.53. The Morgan fingerprint density at radius 2 is 1.75 bits per heavy atom. The lowest BCUT2D eigenvalue weighted by Crippen LogP contribution is -1.97. The fourth-order valence-electron chi connectivity index (χ4n) is 1.93. The van der Waals surface area contributed by atoms with Crippen molar-refractivity contribution in [1.82, 2.24) is 0 Å². The van der Waals surface area contributed by atoms with Crippen molar-refractivity contribution < 1.29 is 9.84 Å². The summed E-state index contributed by atoms with van der Waals surface area (Å²) < 4.78 is 5.72. The van der Waals surface area contributed by atoms with Crippen LogP contribution in [0.15, 0.2) is 42.5 Å². The maximum Gasteiger partial charge on any atom is 0.138 e. The first-order chi connectivity index (χ1) is 9.60. The molecule has 0 amide bonds. The second kappa shape index (κ2) is 6.78. The van der Waals surface area contributed by atoms with Gasteiger partial charge < -0.3 is 9.84 Å². The molecule has 106 valence electrons. The standard InChI is InChI=1S/C17H19ClO2/c1-3-13-4-6-14(7-5-13)11-20-17-9-8-15(12(2)19)10-16(17)18/h4-10,12,19H,3,11H2,1-2H3/t12-/m1/s1. The average Bonchev–Trinajstić information content (AvgIpc) is 2.46. The predicted molar refractivity (Wildman–Crippen MR) is 82.2 cm³/mol. The van der Waals surface area contributed by atoms with Crippen molar-refractivity contribution in [3.05, 3.63) is 64.2 Å². The normalized spacial score (nSPS) is 12.2. The first-order valence-electron chi connectivity index (χ1n) is 6.78. The van der Waals surface area contributed by atoms with Crippen molar-refractivity contribution >= 4 is 11.6 Å². The molecule has 0 radical (unpaired) electrons. The topological polar surface area (TPSA) is 29.5 Å². The molecule has 0 saturated carbocycles. The molecule has 0 aromatic heterocycles. The summed E-state index contributed by atoms with van der Waals surface area (Å²) in [6.45, 7) is 4.33. The number of aryl methyl sites for hydroxylation is 1. The lowest BCUT2D eigenvalue weighted by Gasteiger charge is -2.11. The van der Waals surface area contributed by atoms with Gasteiger partial charge in [-0.25, -0.2) is 0 Å². The quantitative estimate of drug-likeness (QED) is 0.876. The summed E-state index contributed by atoms with van der Waals surface area (Å²) in [5.74, 6) is 0.635. The largest absolute Gasteiger partial charge is 0.487 e. The van der Waals surface area contributed by atoms with Crippen molar-refractivity contribution in [3.8, 4) is 5.75 Å². The highest BCUT2D eigenvalue weighted by Crippen LogP contribution is 2.28. The second-order valence-electron chi connectivity index (χ2n) is 4.82. The van der Waals surface area contributed by atoms with E-state index >= 15 is 0 Å².